The first kappa shape index (κ1) is 21.0. The van der Waals surface area contributed by atoms with Crippen LogP contribution >= 0.6 is 11.3 Å². The molecule has 4 rings (SSSR count). The van der Waals surface area contributed by atoms with Gasteiger partial charge in [0.1, 0.15) is 17.0 Å². The third-order valence-corrected chi connectivity index (χ3v) is 6.32. The molecule has 0 saturated carbocycles. The monoisotopic (exact) mass is 430 g/mol. The van der Waals surface area contributed by atoms with Crippen LogP contribution in [-0.4, -0.2) is 33.9 Å². The highest BCUT2D eigenvalue weighted by Crippen LogP contribution is 2.40. The van der Waals surface area contributed by atoms with Gasteiger partial charge in [-0.05, 0) is 25.0 Å². The molecule has 0 aliphatic heterocycles. The molecule has 0 aliphatic rings. The van der Waals surface area contributed by atoms with Gasteiger partial charge >= 0.3 is 0 Å². The largest absolute Gasteiger partial charge is 0.369 e. The Bertz CT molecular complexity index is 1160. The van der Waals surface area contributed by atoms with Crippen LogP contribution in [0.5, 0.6) is 0 Å². The molecule has 1 N–H and O–H groups in total. The quantitative estimate of drug-likeness (QED) is 0.400. The number of hydrogen-bond acceptors (Lipinski definition) is 5. The highest BCUT2D eigenvalue weighted by Gasteiger charge is 2.17. The number of rotatable bonds is 8. The van der Waals surface area contributed by atoms with E-state index in [9.17, 15) is 4.79 Å². The maximum Gasteiger partial charge on any atom is 0.224 e. The second kappa shape index (κ2) is 9.71. The van der Waals surface area contributed by atoms with E-state index in [1.807, 2.05) is 48.2 Å². The summed E-state index contributed by atoms with van der Waals surface area (Å²) in [6.07, 6.45) is 2.00. The molecule has 1 amide bonds. The topological polar surface area (TPSA) is 58.1 Å². The Labute approximate surface area is 186 Å². The highest BCUT2D eigenvalue weighted by molar-refractivity contribution is 7.19. The van der Waals surface area contributed by atoms with Gasteiger partial charge in [0.15, 0.2) is 0 Å². The van der Waals surface area contributed by atoms with E-state index in [0.29, 0.717) is 26.1 Å². The van der Waals surface area contributed by atoms with Crippen LogP contribution in [0.15, 0.2) is 67.0 Å². The summed E-state index contributed by atoms with van der Waals surface area (Å²) in [5.41, 5.74) is 3.46. The molecule has 2 heterocycles. The average Bonchev–Trinajstić information content (AvgIpc) is 3.15. The number of carbonyl (C=O) groups excluding carboxylic acids is 1. The molecule has 4 aromatic rings. The molecular weight excluding hydrogens is 404 g/mol. The third kappa shape index (κ3) is 4.75. The number of aromatic nitrogens is 2. The van der Waals surface area contributed by atoms with Crippen LogP contribution in [0.25, 0.3) is 21.3 Å². The number of fused-ring (bicyclic) bond motifs is 1. The van der Waals surface area contributed by atoms with Gasteiger partial charge in [0, 0.05) is 36.5 Å². The zero-order chi connectivity index (χ0) is 21.6. The number of nitrogens with zero attached hydrogens (tertiary/aromatic N) is 3. The third-order valence-electron chi connectivity index (χ3n) is 5.31. The van der Waals surface area contributed by atoms with Gasteiger partial charge in [-0.2, -0.15) is 0 Å². The Kier molecular flexibility index (Phi) is 6.57. The number of anilines is 1. The Hall–Kier alpha value is -3.25. The van der Waals surface area contributed by atoms with Crippen molar-refractivity contribution in [1.29, 1.82) is 0 Å². The van der Waals surface area contributed by atoms with Crippen molar-refractivity contribution in [2.75, 3.05) is 18.4 Å². The Morgan fingerprint density at radius 1 is 1.03 bits per heavy atom. The molecule has 0 bridgehead atoms. The van der Waals surface area contributed by atoms with E-state index < -0.39 is 0 Å². The van der Waals surface area contributed by atoms with Gasteiger partial charge in [-0.15, -0.1) is 11.3 Å². The standard InChI is InChI=1S/C25H26N4OS/c1-3-29(16-19-10-6-4-7-11-19)21(30)14-15-26-24-23-22(20-12-8-5-9-13-20)18(2)31-25(23)28-17-27-24/h4-13,17H,3,14-16H2,1-2H3,(H,26,27,28). The molecule has 0 spiro atoms. The van der Waals surface area contributed by atoms with E-state index in [1.54, 1.807) is 17.7 Å². The minimum absolute atomic E-state index is 0.133. The summed E-state index contributed by atoms with van der Waals surface area (Å²) in [4.78, 5) is 25.8. The number of carbonyl (C=O) groups is 1. The summed E-state index contributed by atoms with van der Waals surface area (Å²) in [5, 5.41) is 4.42. The van der Waals surface area contributed by atoms with Crippen LogP contribution in [0.3, 0.4) is 0 Å². The van der Waals surface area contributed by atoms with Crippen LogP contribution < -0.4 is 5.32 Å². The number of nitrogens with one attached hydrogen (secondary N) is 1. The second-order valence-electron chi connectivity index (χ2n) is 7.37. The minimum Gasteiger partial charge on any atom is -0.369 e. The van der Waals surface area contributed by atoms with E-state index in [2.05, 4.69) is 46.5 Å². The van der Waals surface area contributed by atoms with Crippen molar-refractivity contribution in [2.45, 2.75) is 26.8 Å². The SMILES string of the molecule is CCN(Cc1ccccc1)C(=O)CCNc1ncnc2sc(C)c(-c3ccccc3)c12. The molecule has 2 aromatic heterocycles. The summed E-state index contributed by atoms with van der Waals surface area (Å²) in [7, 11) is 0. The van der Waals surface area contributed by atoms with Crippen LogP contribution in [0.1, 0.15) is 23.8 Å². The number of thiophene rings is 1. The van der Waals surface area contributed by atoms with Gasteiger partial charge in [-0.25, -0.2) is 9.97 Å². The van der Waals surface area contributed by atoms with E-state index >= 15 is 0 Å². The lowest BCUT2D eigenvalue weighted by Crippen LogP contribution is -2.31. The fourth-order valence-electron chi connectivity index (χ4n) is 3.76. The molecule has 2 aromatic carbocycles. The van der Waals surface area contributed by atoms with Crippen molar-refractivity contribution >= 4 is 33.3 Å². The molecule has 0 radical (unpaired) electrons. The van der Waals surface area contributed by atoms with Gasteiger partial charge in [0.2, 0.25) is 5.91 Å². The lowest BCUT2D eigenvalue weighted by atomic mass is 10.0. The lowest BCUT2D eigenvalue weighted by molar-refractivity contribution is -0.131. The minimum atomic E-state index is 0.133. The van der Waals surface area contributed by atoms with Gasteiger partial charge < -0.3 is 10.2 Å². The number of amides is 1. The predicted octanol–water partition coefficient (Wildman–Crippen LogP) is 5.52. The van der Waals surface area contributed by atoms with Crippen molar-refractivity contribution in [3.8, 4) is 11.1 Å². The summed E-state index contributed by atoms with van der Waals surface area (Å²) < 4.78 is 0. The zero-order valence-electron chi connectivity index (χ0n) is 17.8. The van der Waals surface area contributed by atoms with Crippen molar-refractivity contribution in [1.82, 2.24) is 14.9 Å². The van der Waals surface area contributed by atoms with Crippen LogP contribution in [-0.2, 0) is 11.3 Å². The van der Waals surface area contributed by atoms with Gasteiger partial charge in [-0.3, -0.25) is 4.79 Å². The summed E-state index contributed by atoms with van der Waals surface area (Å²) in [6.45, 7) is 5.98. The van der Waals surface area contributed by atoms with Gasteiger partial charge in [0.25, 0.3) is 0 Å². The first-order valence-corrected chi connectivity index (χ1v) is 11.3. The first-order valence-electron chi connectivity index (χ1n) is 10.5. The predicted molar refractivity (Wildman–Crippen MR) is 128 cm³/mol. The molecule has 31 heavy (non-hydrogen) atoms. The Balaban J connectivity index is 1.48. The van der Waals surface area contributed by atoms with Crippen molar-refractivity contribution in [3.05, 3.63) is 77.4 Å². The van der Waals surface area contributed by atoms with Crippen LogP contribution in [0.2, 0.25) is 0 Å². The van der Waals surface area contributed by atoms with Gasteiger partial charge in [0.05, 0.1) is 5.39 Å². The maximum absolute atomic E-state index is 12.8. The van der Waals surface area contributed by atoms with Crippen LogP contribution in [0, 0.1) is 6.92 Å². The van der Waals surface area contributed by atoms with Crippen molar-refractivity contribution in [2.24, 2.45) is 0 Å². The Morgan fingerprint density at radius 3 is 2.45 bits per heavy atom. The average molecular weight is 431 g/mol. The summed E-state index contributed by atoms with van der Waals surface area (Å²) in [5.74, 6) is 0.918. The molecule has 5 nitrogen and oxygen atoms in total. The van der Waals surface area contributed by atoms with Crippen LogP contribution in [0.4, 0.5) is 5.82 Å². The molecule has 0 fully saturated rings. The summed E-state index contributed by atoms with van der Waals surface area (Å²) >= 11 is 1.67. The normalized spacial score (nSPS) is 10.9. The van der Waals surface area contributed by atoms with Crippen molar-refractivity contribution in [3.63, 3.8) is 0 Å². The van der Waals surface area contributed by atoms with E-state index in [4.69, 9.17) is 0 Å². The smallest absolute Gasteiger partial charge is 0.224 e. The Morgan fingerprint density at radius 2 is 1.74 bits per heavy atom. The first-order chi connectivity index (χ1) is 15.2. The van der Waals surface area contributed by atoms with E-state index in [0.717, 1.165) is 32.7 Å². The molecule has 158 valence electrons. The molecule has 0 saturated heterocycles. The molecule has 0 aliphatic carbocycles. The molecular formula is C25H26N4OS. The molecule has 0 unspecified atom stereocenters. The fourth-order valence-corrected chi connectivity index (χ4v) is 4.77. The summed E-state index contributed by atoms with van der Waals surface area (Å²) in [6, 6.07) is 20.4. The number of hydrogen-bond donors (Lipinski definition) is 1. The van der Waals surface area contributed by atoms with Gasteiger partial charge in [-0.1, -0.05) is 60.7 Å². The zero-order valence-corrected chi connectivity index (χ0v) is 18.7. The molecule has 0 atom stereocenters. The fraction of sp³-hybridized carbons (Fsp3) is 0.240. The van der Waals surface area contributed by atoms with E-state index in [-0.39, 0.29) is 5.91 Å². The second-order valence-corrected chi connectivity index (χ2v) is 8.58. The van der Waals surface area contributed by atoms with E-state index in [1.165, 1.54) is 4.88 Å². The number of aryl methyl sites for hydroxylation is 1. The lowest BCUT2D eigenvalue weighted by Gasteiger charge is -2.21. The van der Waals surface area contributed by atoms with Crippen molar-refractivity contribution < 1.29 is 4.79 Å². The maximum atomic E-state index is 12.8. The number of benzene rings is 2. The highest BCUT2D eigenvalue weighted by atomic mass is 32.1. The molecule has 6 heteroatoms.